The van der Waals surface area contributed by atoms with Gasteiger partial charge in [-0.3, -0.25) is 9.59 Å². The molecule has 0 aromatic heterocycles. The summed E-state index contributed by atoms with van der Waals surface area (Å²) in [6.07, 6.45) is -0.707. The highest BCUT2D eigenvalue weighted by molar-refractivity contribution is 5.79. The third kappa shape index (κ3) is 4.47. The number of aryl methyl sites for hydroxylation is 1. The topological polar surface area (TPSA) is 101 Å². The lowest BCUT2D eigenvalue weighted by Gasteiger charge is -2.09. The minimum atomic E-state index is -1.70. The fraction of sp³-hybridized carbons (Fsp3) is 0.357. The van der Waals surface area contributed by atoms with Gasteiger partial charge in [-0.15, -0.1) is 0 Å². The van der Waals surface area contributed by atoms with Gasteiger partial charge in [-0.25, -0.2) is 4.79 Å². The van der Waals surface area contributed by atoms with Gasteiger partial charge in [0.2, 0.25) is 0 Å². The summed E-state index contributed by atoms with van der Waals surface area (Å²) >= 11 is 0. The Labute approximate surface area is 116 Å². The van der Waals surface area contributed by atoms with Crippen molar-refractivity contribution in [2.45, 2.75) is 25.9 Å². The summed E-state index contributed by atoms with van der Waals surface area (Å²) in [5.74, 6) is -1.77. The molecule has 2 N–H and O–H groups in total. The average molecular weight is 280 g/mol. The number of carbonyl (C=O) groups excluding carboxylic acids is 2. The second-order valence-corrected chi connectivity index (χ2v) is 4.17. The van der Waals surface area contributed by atoms with Crippen molar-refractivity contribution in [1.82, 2.24) is 0 Å². The molecule has 0 saturated carbocycles. The lowest BCUT2D eigenvalue weighted by atomic mass is 9.99. The number of carboxylic acids is 1. The molecule has 1 rings (SSSR count). The smallest absolute Gasteiger partial charge is 0.337 e. The number of hydrogen-bond donors (Lipinski definition) is 2. The number of carboxylic acid groups (broad SMARTS) is 1. The van der Waals surface area contributed by atoms with E-state index in [1.807, 2.05) is 0 Å². The van der Waals surface area contributed by atoms with Crippen LogP contribution in [0.1, 0.15) is 40.9 Å². The number of aliphatic hydroxyl groups excluding tert-OH is 1. The van der Waals surface area contributed by atoms with Gasteiger partial charge in [0.15, 0.2) is 6.10 Å². The van der Waals surface area contributed by atoms with Crippen molar-refractivity contribution in [3.63, 3.8) is 0 Å². The fourth-order valence-electron chi connectivity index (χ4n) is 1.74. The standard InChI is InChI=1S/C14H16O6/c1-2-20-12(16)4-3-9-5-10(8-15)7-11(6-9)13(17)14(18)19/h5-8,13,17H,2-4H2,1H3,(H,18,19). The van der Waals surface area contributed by atoms with Crippen LogP contribution < -0.4 is 0 Å². The number of aliphatic carboxylic acids is 1. The Hall–Kier alpha value is -2.21. The van der Waals surface area contributed by atoms with Crippen LogP contribution in [0, 0.1) is 0 Å². The van der Waals surface area contributed by atoms with Crippen LogP contribution in [0.25, 0.3) is 0 Å². The number of esters is 1. The molecule has 1 unspecified atom stereocenters. The molecule has 0 amide bonds. The summed E-state index contributed by atoms with van der Waals surface area (Å²) in [6.45, 7) is 1.99. The molecule has 6 heteroatoms. The zero-order chi connectivity index (χ0) is 15.1. The maximum Gasteiger partial charge on any atom is 0.337 e. The highest BCUT2D eigenvalue weighted by Crippen LogP contribution is 2.18. The van der Waals surface area contributed by atoms with Gasteiger partial charge < -0.3 is 14.9 Å². The van der Waals surface area contributed by atoms with Crippen LogP contribution in [-0.4, -0.2) is 35.0 Å². The van der Waals surface area contributed by atoms with Gasteiger partial charge in [-0.1, -0.05) is 6.07 Å². The van der Waals surface area contributed by atoms with E-state index in [9.17, 15) is 19.5 Å². The Kier molecular flexibility index (Phi) is 5.86. The lowest BCUT2D eigenvalue weighted by Crippen LogP contribution is -2.11. The number of ether oxygens (including phenoxy) is 1. The largest absolute Gasteiger partial charge is 0.479 e. The first-order chi connectivity index (χ1) is 9.47. The average Bonchev–Trinajstić information content (AvgIpc) is 2.44. The van der Waals surface area contributed by atoms with E-state index in [-0.39, 0.29) is 30.1 Å². The van der Waals surface area contributed by atoms with E-state index in [1.54, 1.807) is 13.0 Å². The summed E-state index contributed by atoms with van der Waals surface area (Å²) in [7, 11) is 0. The molecule has 20 heavy (non-hydrogen) atoms. The van der Waals surface area contributed by atoms with Crippen molar-refractivity contribution in [3.05, 3.63) is 34.9 Å². The first-order valence-corrected chi connectivity index (χ1v) is 6.13. The van der Waals surface area contributed by atoms with Crippen LogP contribution in [0.2, 0.25) is 0 Å². The van der Waals surface area contributed by atoms with Gasteiger partial charge in [0.05, 0.1) is 6.61 Å². The lowest BCUT2D eigenvalue weighted by molar-refractivity contribution is -0.147. The molecular weight excluding hydrogens is 264 g/mol. The Bertz CT molecular complexity index is 508. The molecule has 0 fully saturated rings. The highest BCUT2D eigenvalue weighted by Gasteiger charge is 2.17. The van der Waals surface area contributed by atoms with Crippen LogP contribution in [0.15, 0.2) is 18.2 Å². The number of aldehydes is 1. The number of rotatable bonds is 7. The Morgan fingerprint density at radius 2 is 2.05 bits per heavy atom. The van der Waals surface area contributed by atoms with Crippen molar-refractivity contribution >= 4 is 18.2 Å². The van der Waals surface area contributed by atoms with Crippen LogP contribution in [0.3, 0.4) is 0 Å². The molecule has 108 valence electrons. The summed E-state index contributed by atoms with van der Waals surface area (Å²) in [5, 5.41) is 18.3. The molecule has 0 aliphatic heterocycles. The van der Waals surface area contributed by atoms with E-state index in [2.05, 4.69) is 0 Å². The molecular formula is C14H16O6. The predicted octanol–water partition coefficient (Wildman–Crippen LogP) is 1.11. The van der Waals surface area contributed by atoms with Gasteiger partial charge in [0.1, 0.15) is 6.29 Å². The first kappa shape index (κ1) is 15.8. The minimum absolute atomic E-state index is 0.112. The molecule has 6 nitrogen and oxygen atoms in total. The summed E-state index contributed by atoms with van der Waals surface area (Å²) < 4.78 is 4.78. The molecule has 0 aliphatic carbocycles. The second-order valence-electron chi connectivity index (χ2n) is 4.17. The van der Waals surface area contributed by atoms with E-state index < -0.39 is 12.1 Å². The van der Waals surface area contributed by atoms with Crippen LogP contribution >= 0.6 is 0 Å². The van der Waals surface area contributed by atoms with E-state index in [0.29, 0.717) is 18.3 Å². The highest BCUT2D eigenvalue weighted by atomic mass is 16.5. The molecule has 0 aliphatic rings. The van der Waals surface area contributed by atoms with E-state index >= 15 is 0 Å². The summed E-state index contributed by atoms with van der Waals surface area (Å²) in [6, 6.07) is 4.31. The van der Waals surface area contributed by atoms with Crippen LogP contribution in [-0.2, 0) is 20.7 Å². The monoisotopic (exact) mass is 280 g/mol. The zero-order valence-electron chi connectivity index (χ0n) is 11.0. The number of hydrogen-bond acceptors (Lipinski definition) is 5. The molecule has 1 atom stereocenters. The van der Waals surface area contributed by atoms with E-state index in [4.69, 9.17) is 9.84 Å². The van der Waals surface area contributed by atoms with E-state index in [1.165, 1.54) is 12.1 Å². The quantitative estimate of drug-likeness (QED) is 0.573. The van der Waals surface area contributed by atoms with Crippen molar-refractivity contribution in [1.29, 1.82) is 0 Å². The van der Waals surface area contributed by atoms with Crippen molar-refractivity contribution in [2.24, 2.45) is 0 Å². The molecule has 0 bridgehead atoms. The van der Waals surface area contributed by atoms with Gasteiger partial charge in [0.25, 0.3) is 0 Å². The third-order valence-electron chi connectivity index (χ3n) is 2.65. The van der Waals surface area contributed by atoms with Gasteiger partial charge in [0, 0.05) is 12.0 Å². The van der Waals surface area contributed by atoms with Crippen LogP contribution in [0.5, 0.6) is 0 Å². The maximum atomic E-state index is 11.3. The molecule has 0 heterocycles. The molecule has 1 aromatic rings. The Morgan fingerprint density at radius 1 is 1.35 bits per heavy atom. The zero-order valence-corrected chi connectivity index (χ0v) is 11.0. The van der Waals surface area contributed by atoms with Crippen molar-refractivity contribution in [3.8, 4) is 0 Å². The molecule has 0 saturated heterocycles. The second kappa shape index (κ2) is 7.40. The fourth-order valence-corrected chi connectivity index (χ4v) is 1.74. The van der Waals surface area contributed by atoms with Crippen molar-refractivity contribution in [2.75, 3.05) is 6.61 Å². The Balaban J connectivity index is 2.90. The van der Waals surface area contributed by atoms with Gasteiger partial charge in [-0.05, 0) is 36.6 Å². The SMILES string of the molecule is CCOC(=O)CCc1cc(C=O)cc(C(O)C(=O)O)c1. The minimum Gasteiger partial charge on any atom is -0.479 e. The normalized spacial score (nSPS) is 11.7. The van der Waals surface area contributed by atoms with E-state index in [0.717, 1.165) is 0 Å². The third-order valence-corrected chi connectivity index (χ3v) is 2.65. The number of carbonyl (C=O) groups is 3. The van der Waals surface area contributed by atoms with Gasteiger partial charge >= 0.3 is 11.9 Å². The van der Waals surface area contributed by atoms with Crippen molar-refractivity contribution < 1.29 is 29.3 Å². The predicted molar refractivity (Wildman–Crippen MR) is 69.4 cm³/mol. The summed E-state index contributed by atoms with van der Waals surface area (Å²) in [5.41, 5.74) is 0.959. The van der Waals surface area contributed by atoms with Crippen LogP contribution in [0.4, 0.5) is 0 Å². The maximum absolute atomic E-state index is 11.3. The molecule has 1 aromatic carbocycles. The number of aliphatic hydroxyl groups is 1. The summed E-state index contributed by atoms with van der Waals surface area (Å²) in [4.78, 5) is 32.8. The first-order valence-electron chi connectivity index (χ1n) is 6.13. The van der Waals surface area contributed by atoms with Gasteiger partial charge in [-0.2, -0.15) is 0 Å². The Morgan fingerprint density at radius 3 is 2.60 bits per heavy atom. The molecule has 0 spiro atoms. The number of benzene rings is 1. The molecule has 0 radical (unpaired) electrons.